The first-order chi connectivity index (χ1) is 7.98. The topological polar surface area (TPSA) is 92.5 Å². The number of hydrogen-bond acceptors (Lipinski definition) is 4. The Balaban J connectivity index is 2.38. The van der Waals surface area contributed by atoms with Gasteiger partial charge in [0, 0.05) is 32.1 Å². The molecule has 100 valence electrons. The molecule has 1 rings (SSSR count). The van der Waals surface area contributed by atoms with Crippen molar-refractivity contribution in [2.75, 3.05) is 25.4 Å². The Bertz CT molecular complexity index is 348. The van der Waals surface area contributed by atoms with Crippen molar-refractivity contribution >= 4 is 15.9 Å². The van der Waals surface area contributed by atoms with Crippen LogP contribution in [-0.4, -0.2) is 50.7 Å². The fourth-order valence-corrected chi connectivity index (χ4v) is 2.78. The van der Waals surface area contributed by atoms with E-state index in [2.05, 4.69) is 4.72 Å². The summed E-state index contributed by atoms with van der Waals surface area (Å²) in [6.07, 6.45) is 1.72. The smallest absolute Gasteiger partial charge is 0.223 e. The molecule has 0 radical (unpaired) electrons. The van der Waals surface area contributed by atoms with Crippen LogP contribution in [0.2, 0.25) is 0 Å². The van der Waals surface area contributed by atoms with Gasteiger partial charge in [-0.1, -0.05) is 0 Å². The van der Waals surface area contributed by atoms with Crippen molar-refractivity contribution in [1.82, 2.24) is 9.62 Å². The van der Waals surface area contributed by atoms with E-state index in [-0.39, 0.29) is 17.7 Å². The van der Waals surface area contributed by atoms with Crippen LogP contribution < -0.4 is 10.5 Å². The first-order valence-corrected chi connectivity index (χ1v) is 7.61. The van der Waals surface area contributed by atoms with Gasteiger partial charge in [-0.05, 0) is 19.8 Å². The number of nitrogens with two attached hydrogens (primary N) is 1. The first kappa shape index (κ1) is 14.4. The number of nitrogens with zero attached hydrogens (tertiary/aromatic N) is 1. The predicted octanol–water partition coefficient (Wildman–Crippen LogP) is -0.734. The third-order valence-corrected chi connectivity index (χ3v) is 4.38. The number of hydrogen-bond donors (Lipinski definition) is 2. The highest BCUT2D eigenvalue weighted by atomic mass is 32.2. The van der Waals surface area contributed by atoms with Gasteiger partial charge in [0.05, 0.1) is 5.75 Å². The molecule has 1 saturated heterocycles. The van der Waals surface area contributed by atoms with E-state index in [4.69, 9.17) is 5.73 Å². The van der Waals surface area contributed by atoms with Gasteiger partial charge in [-0.3, -0.25) is 4.79 Å². The zero-order valence-electron chi connectivity index (χ0n) is 10.2. The minimum Gasteiger partial charge on any atom is -0.343 e. The lowest BCUT2D eigenvalue weighted by Crippen LogP contribution is -2.47. The monoisotopic (exact) mass is 263 g/mol. The number of carbonyl (C=O) groups excluding carboxylic acids is 1. The first-order valence-electron chi connectivity index (χ1n) is 5.96. The molecule has 1 aliphatic rings. The number of sulfonamides is 1. The summed E-state index contributed by atoms with van der Waals surface area (Å²) in [6, 6.07) is -0.0399. The van der Waals surface area contributed by atoms with Crippen molar-refractivity contribution in [3.05, 3.63) is 0 Å². The molecule has 1 fully saturated rings. The average Bonchev–Trinajstić information content (AvgIpc) is 2.30. The van der Waals surface area contributed by atoms with E-state index < -0.39 is 10.0 Å². The van der Waals surface area contributed by atoms with E-state index >= 15 is 0 Å². The van der Waals surface area contributed by atoms with Gasteiger partial charge in [-0.2, -0.15) is 0 Å². The molecule has 6 nitrogen and oxygen atoms in total. The molecule has 0 atom stereocenters. The quantitative estimate of drug-likeness (QED) is 0.683. The summed E-state index contributed by atoms with van der Waals surface area (Å²) < 4.78 is 25.4. The second kappa shape index (κ2) is 6.32. The predicted molar refractivity (Wildman–Crippen MR) is 65.9 cm³/mol. The third-order valence-electron chi connectivity index (χ3n) is 2.93. The highest BCUT2D eigenvalue weighted by Crippen LogP contribution is 2.12. The van der Waals surface area contributed by atoms with Gasteiger partial charge < -0.3 is 10.6 Å². The standard InChI is InChI=1S/C10H21N3O3S/c1-2-17(15,16)12-9-4-7-13(8-5-9)10(14)3-6-11/h9,12H,2-8,11H2,1H3. The van der Waals surface area contributed by atoms with Gasteiger partial charge in [0.1, 0.15) is 0 Å². The van der Waals surface area contributed by atoms with Gasteiger partial charge in [-0.25, -0.2) is 13.1 Å². The van der Waals surface area contributed by atoms with E-state index in [1.54, 1.807) is 11.8 Å². The largest absolute Gasteiger partial charge is 0.343 e. The maximum atomic E-state index is 11.6. The summed E-state index contributed by atoms with van der Waals surface area (Å²) >= 11 is 0. The van der Waals surface area contributed by atoms with Gasteiger partial charge in [0.15, 0.2) is 0 Å². The lowest BCUT2D eigenvalue weighted by Gasteiger charge is -2.32. The van der Waals surface area contributed by atoms with Crippen LogP contribution in [0.5, 0.6) is 0 Å². The molecule has 1 aliphatic heterocycles. The molecule has 0 aromatic carbocycles. The summed E-state index contributed by atoms with van der Waals surface area (Å²) in [5.74, 6) is 0.156. The molecule has 0 saturated carbocycles. The van der Waals surface area contributed by atoms with Crippen molar-refractivity contribution in [3.8, 4) is 0 Å². The molecule has 7 heteroatoms. The molecule has 0 spiro atoms. The Morgan fingerprint density at radius 1 is 1.41 bits per heavy atom. The highest BCUT2D eigenvalue weighted by molar-refractivity contribution is 7.89. The maximum Gasteiger partial charge on any atom is 0.223 e. The Labute approximate surface area is 103 Å². The molecule has 1 heterocycles. The SMILES string of the molecule is CCS(=O)(=O)NC1CCN(C(=O)CCN)CC1. The van der Waals surface area contributed by atoms with Crippen LogP contribution in [-0.2, 0) is 14.8 Å². The highest BCUT2D eigenvalue weighted by Gasteiger charge is 2.24. The molecule has 0 unspecified atom stereocenters. The Morgan fingerprint density at radius 3 is 2.47 bits per heavy atom. The van der Waals surface area contributed by atoms with Crippen LogP contribution in [0, 0.1) is 0 Å². The Hall–Kier alpha value is -0.660. The van der Waals surface area contributed by atoms with Crippen molar-refractivity contribution in [2.24, 2.45) is 5.73 Å². The lowest BCUT2D eigenvalue weighted by atomic mass is 10.1. The van der Waals surface area contributed by atoms with Crippen molar-refractivity contribution in [1.29, 1.82) is 0 Å². The number of likely N-dealkylation sites (tertiary alicyclic amines) is 1. The number of carbonyl (C=O) groups is 1. The molecule has 1 amide bonds. The lowest BCUT2D eigenvalue weighted by molar-refractivity contribution is -0.132. The number of piperidine rings is 1. The normalized spacial score (nSPS) is 18.4. The zero-order chi connectivity index (χ0) is 12.9. The summed E-state index contributed by atoms with van der Waals surface area (Å²) in [6.45, 7) is 3.19. The summed E-state index contributed by atoms with van der Waals surface area (Å²) in [5, 5.41) is 0. The number of amides is 1. The number of rotatable bonds is 5. The summed E-state index contributed by atoms with van der Waals surface area (Å²) in [7, 11) is -3.14. The Morgan fingerprint density at radius 2 is 2.00 bits per heavy atom. The zero-order valence-corrected chi connectivity index (χ0v) is 11.0. The van der Waals surface area contributed by atoms with Gasteiger partial charge in [-0.15, -0.1) is 0 Å². The molecule has 17 heavy (non-hydrogen) atoms. The fraction of sp³-hybridized carbons (Fsp3) is 0.900. The average molecular weight is 263 g/mol. The summed E-state index contributed by atoms with van der Waals surface area (Å²) in [5.41, 5.74) is 5.33. The van der Waals surface area contributed by atoms with Crippen molar-refractivity contribution in [3.63, 3.8) is 0 Å². The maximum absolute atomic E-state index is 11.6. The molecule has 0 aliphatic carbocycles. The van der Waals surface area contributed by atoms with Crippen LogP contribution >= 0.6 is 0 Å². The van der Waals surface area contributed by atoms with Crippen LogP contribution in [0.25, 0.3) is 0 Å². The molecule has 0 aromatic rings. The minimum atomic E-state index is -3.14. The molecule has 0 bridgehead atoms. The summed E-state index contributed by atoms with van der Waals surface area (Å²) in [4.78, 5) is 13.3. The minimum absolute atomic E-state index is 0.0399. The van der Waals surface area contributed by atoms with E-state index in [1.165, 1.54) is 0 Å². The third kappa shape index (κ3) is 4.61. The second-order valence-electron chi connectivity index (χ2n) is 4.22. The molecule has 3 N–H and O–H groups in total. The van der Waals surface area contributed by atoms with E-state index in [0.717, 1.165) is 0 Å². The molecule has 0 aromatic heterocycles. The van der Waals surface area contributed by atoms with E-state index in [1.807, 2.05) is 0 Å². The molecular weight excluding hydrogens is 242 g/mol. The second-order valence-corrected chi connectivity index (χ2v) is 6.26. The van der Waals surface area contributed by atoms with E-state index in [9.17, 15) is 13.2 Å². The molecular formula is C10H21N3O3S. The van der Waals surface area contributed by atoms with Gasteiger partial charge >= 0.3 is 0 Å². The fourth-order valence-electron chi connectivity index (χ4n) is 1.87. The van der Waals surface area contributed by atoms with Crippen LogP contribution in [0.1, 0.15) is 26.2 Å². The van der Waals surface area contributed by atoms with Crippen LogP contribution in [0.4, 0.5) is 0 Å². The Kier molecular flexibility index (Phi) is 5.35. The van der Waals surface area contributed by atoms with Crippen LogP contribution in [0.3, 0.4) is 0 Å². The van der Waals surface area contributed by atoms with Crippen LogP contribution in [0.15, 0.2) is 0 Å². The van der Waals surface area contributed by atoms with E-state index in [0.29, 0.717) is 38.9 Å². The van der Waals surface area contributed by atoms with Gasteiger partial charge in [0.2, 0.25) is 15.9 Å². The van der Waals surface area contributed by atoms with Crippen molar-refractivity contribution < 1.29 is 13.2 Å². The van der Waals surface area contributed by atoms with Crippen molar-refractivity contribution in [2.45, 2.75) is 32.2 Å². The number of nitrogens with one attached hydrogen (secondary N) is 1. The van der Waals surface area contributed by atoms with Gasteiger partial charge in [0.25, 0.3) is 0 Å².